The number of hydrogen-bond donors (Lipinski definition) is 1. The SMILES string of the molecule is CCCn1cc(CNc2nncs2)cn1. The lowest BCUT2D eigenvalue weighted by Gasteiger charge is -1.98. The second-order valence-electron chi connectivity index (χ2n) is 3.21. The highest BCUT2D eigenvalue weighted by atomic mass is 32.1. The van der Waals surface area contributed by atoms with Gasteiger partial charge in [0.1, 0.15) is 5.51 Å². The van der Waals surface area contributed by atoms with Gasteiger partial charge in [0.15, 0.2) is 0 Å². The summed E-state index contributed by atoms with van der Waals surface area (Å²) in [5, 5.41) is 15.9. The molecular formula is C9H13N5S. The number of hydrogen-bond acceptors (Lipinski definition) is 5. The second-order valence-corrected chi connectivity index (χ2v) is 4.04. The van der Waals surface area contributed by atoms with Gasteiger partial charge in [-0.25, -0.2) is 0 Å². The van der Waals surface area contributed by atoms with E-state index in [0.717, 1.165) is 24.6 Å². The number of anilines is 1. The van der Waals surface area contributed by atoms with Crippen LogP contribution in [0, 0.1) is 0 Å². The lowest BCUT2D eigenvalue weighted by molar-refractivity contribution is 0.602. The Morgan fingerprint density at radius 3 is 3.20 bits per heavy atom. The molecule has 0 aliphatic rings. The zero-order chi connectivity index (χ0) is 10.5. The topological polar surface area (TPSA) is 55.6 Å². The van der Waals surface area contributed by atoms with Crippen LogP contribution in [-0.2, 0) is 13.1 Å². The van der Waals surface area contributed by atoms with Crippen LogP contribution in [0.1, 0.15) is 18.9 Å². The third-order valence-corrected chi connectivity index (χ3v) is 2.59. The molecule has 0 radical (unpaired) electrons. The highest BCUT2D eigenvalue weighted by molar-refractivity contribution is 7.13. The van der Waals surface area contributed by atoms with E-state index in [1.165, 1.54) is 16.9 Å². The van der Waals surface area contributed by atoms with Gasteiger partial charge in [-0.05, 0) is 6.42 Å². The Balaban J connectivity index is 1.88. The number of aromatic nitrogens is 4. The molecule has 0 atom stereocenters. The first-order valence-corrected chi connectivity index (χ1v) is 5.78. The Labute approximate surface area is 92.2 Å². The van der Waals surface area contributed by atoms with Crippen molar-refractivity contribution in [3.05, 3.63) is 23.5 Å². The van der Waals surface area contributed by atoms with Crippen LogP contribution in [0.2, 0.25) is 0 Å². The van der Waals surface area contributed by atoms with Crippen molar-refractivity contribution in [1.29, 1.82) is 0 Å². The molecule has 0 aromatic carbocycles. The Kier molecular flexibility index (Phi) is 3.29. The molecule has 2 aromatic heterocycles. The standard InChI is InChI=1S/C9H13N5S/c1-2-3-14-6-8(5-12-14)4-10-9-13-11-7-15-9/h5-7H,2-4H2,1H3,(H,10,13). The van der Waals surface area contributed by atoms with Gasteiger partial charge in [0.05, 0.1) is 6.20 Å². The fourth-order valence-electron chi connectivity index (χ4n) is 1.28. The van der Waals surface area contributed by atoms with Crippen LogP contribution in [0.3, 0.4) is 0 Å². The van der Waals surface area contributed by atoms with E-state index in [9.17, 15) is 0 Å². The molecule has 0 spiro atoms. The van der Waals surface area contributed by atoms with E-state index in [-0.39, 0.29) is 0 Å². The van der Waals surface area contributed by atoms with Gasteiger partial charge in [-0.2, -0.15) is 5.10 Å². The summed E-state index contributed by atoms with van der Waals surface area (Å²) in [5.74, 6) is 0. The van der Waals surface area contributed by atoms with Gasteiger partial charge < -0.3 is 5.32 Å². The Morgan fingerprint density at radius 1 is 1.53 bits per heavy atom. The van der Waals surface area contributed by atoms with E-state index >= 15 is 0 Å². The maximum atomic E-state index is 4.25. The summed E-state index contributed by atoms with van der Waals surface area (Å²) in [6.07, 6.45) is 5.03. The summed E-state index contributed by atoms with van der Waals surface area (Å²) >= 11 is 1.50. The fourth-order valence-corrected chi connectivity index (χ4v) is 1.72. The van der Waals surface area contributed by atoms with E-state index < -0.39 is 0 Å². The first-order valence-electron chi connectivity index (χ1n) is 4.90. The maximum absolute atomic E-state index is 4.25. The summed E-state index contributed by atoms with van der Waals surface area (Å²) in [5.41, 5.74) is 2.88. The van der Waals surface area contributed by atoms with Crippen molar-refractivity contribution in [1.82, 2.24) is 20.0 Å². The molecule has 0 aliphatic carbocycles. The van der Waals surface area contributed by atoms with Gasteiger partial charge in [0.25, 0.3) is 0 Å². The van der Waals surface area contributed by atoms with Gasteiger partial charge in [-0.15, -0.1) is 10.2 Å². The molecule has 80 valence electrons. The van der Waals surface area contributed by atoms with Gasteiger partial charge in [0, 0.05) is 24.8 Å². The van der Waals surface area contributed by atoms with Gasteiger partial charge in [0.2, 0.25) is 5.13 Å². The molecule has 5 nitrogen and oxygen atoms in total. The molecule has 0 saturated carbocycles. The average Bonchev–Trinajstić information content (AvgIpc) is 2.85. The summed E-state index contributed by atoms with van der Waals surface area (Å²) in [7, 11) is 0. The lowest BCUT2D eigenvalue weighted by atomic mass is 10.4. The van der Waals surface area contributed by atoms with Crippen LogP contribution in [-0.4, -0.2) is 20.0 Å². The summed E-state index contributed by atoms with van der Waals surface area (Å²) in [4.78, 5) is 0. The zero-order valence-electron chi connectivity index (χ0n) is 8.55. The number of nitrogens with one attached hydrogen (secondary N) is 1. The summed E-state index contributed by atoms with van der Waals surface area (Å²) in [6.45, 7) is 3.86. The molecule has 0 unspecified atom stereocenters. The van der Waals surface area contributed by atoms with Crippen molar-refractivity contribution in [2.24, 2.45) is 0 Å². The predicted octanol–water partition coefficient (Wildman–Crippen LogP) is 1.76. The van der Waals surface area contributed by atoms with Crippen LogP contribution in [0.5, 0.6) is 0 Å². The first-order chi connectivity index (χ1) is 7.38. The molecule has 2 heterocycles. The third-order valence-electron chi connectivity index (χ3n) is 1.94. The van der Waals surface area contributed by atoms with Crippen molar-refractivity contribution in [3.63, 3.8) is 0 Å². The quantitative estimate of drug-likeness (QED) is 0.839. The molecule has 0 aliphatic heterocycles. The molecule has 0 amide bonds. The van der Waals surface area contributed by atoms with Crippen molar-refractivity contribution in [3.8, 4) is 0 Å². The average molecular weight is 223 g/mol. The molecular weight excluding hydrogens is 210 g/mol. The van der Waals surface area contributed by atoms with Crippen LogP contribution in [0.25, 0.3) is 0 Å². The third kappa shape index (κ3) is 2.76. The van der Waals surface area contributed by atoms with E-state index in [2.05, 4.69) is 33.7 Å². The van der Waals surface area contributed by atoms with Crippen LogP contribution >= 0.6 is 11.3 Å². The summed E-state index contributed by atoms with van der Waals surface area (Å²) in [6, 6.07) is 0. The van der Waals surface area contributed by atoms with Crippen LogP contribution in [0.4, 0.5) is 5.13 Å². The van der Waals surface area contributed by atoms with Crippen molar-refractivity contribution in [2.75, 3.05) is 5.32 Å². The van der Waals surface area contributed by atoms with Gasteiger partial charge >= 0.3 is 0 Å². The Bertz CT molecular complexity index is 394. The minimum atomic E-state index is 0.749. The fraction of sp³-hybridized carbons (Fsp3) is 0.444. The predicted molar refractivity (Wildman–Crippen MR) is 59.8 cm³/mol. The van der Waals surface area contributed by atoms with E-state index in [1.807, 2.05) is 10.9 Å². The molecule has 2 rings (SSSR count). The second kappa shape index (κ2) is 4.88. The van der Waals surface area contributed by atoms with Gasteiger partial charge in [-0.1, -0.05) is 18.3 Å². The zero-order valence-corrected chi connectivity index (χ0v) is 9.37. The van der Waals surface area contributed by atoms with Crippen molar-refractivity contribution in [2.45, 2.75) is 26.4 Å². The van der Waals surface area contributed by atoms with Crippen molar-refractivity contribution < 1.29 is 0 Å². The molecule has 1 N–H and O–H groups in total. The first kappa shape index (κ1) is 10.1. The van der Waals surface area contributed by atoms with E-state index in [0.29, 0.717) is 0 Å². The minimum absolute atomic E-state index is 0.749. The van der Waals surface area contributed by atoms with E-state index in [1.54, 1.807) is 5.51 Å². The van der Waals surface area contributed by atoms with E-state index in [4.69, 9.17) is 0 Å². The molecule has 2 aromatic rings. The monoisotopic (exact) mass is 223 g/mol. The molecule has 6 heteroatoms. The van der Waals surface area contributed by atoms with Crippen molar-refractivity contribution >= 4 is 16.5 Å². The molecule has 15 heavy (non-hydrogen) atoms. The number of aryl methyl sites for hydroxylation is 1. The minimum Gasteiger partial charge on any atom is -0.356 e. The van der Waals surface area contributed by atoms with Crippen LogP contribution in [0.15, 0.2) is 17.9 Å². The number of nitrogens with zero attached hydrogens (tertiary/aromatic N) is 4. The summed E-state index contributed by atoms with van der Waals surface area (Å²) < 4.78 is 1.96. The largest absolute Gasteiger partial charge is 0.356 e. The Hall–Kier alpha value is -1.43. The Morgan fingerprint density at radius 2 is 2.47 bits per heavy atom. The molecule has 0 bridgehead atoms. The smallest absolute Gasteiger partial charge is 0.205 e. The highest BCUT2D eigenvalue weighted by Gasteiger charge is 1.99. The lowest BCUT2D eigenvalue weighted by Crippen LogP contribution is -1.98. The maximum Gasteiger partial charge on any atom is 0.205 e. The van der Waals surface area contributed by atoms with Crippen LogP contribution < -0.4 is 5.32 Å². The molecule has 0 saturated heterocycles. The number of rotatable bonds is 5. The normalized spacial score (nSPS) is 10.5. The highest BCUT2D eigenvalue weighted by Crippen LogP contribution is 2.09. The van der Waals surface area contributed by atoms with Gasteiger partial charge in [-0.3, -0.25) is 4.68 Å². The molecule has 0 fully saturated rings.